The van der Waals surface area contributed by atoms with Crippen LogP contribution in [0.4, 0.5) is 5.69 Å². The van der Waals surface area contributed by atoms with Gasteiger partial charge in [0.15, 0.2) is 0 Å². The van der Waals surface area contributed by atoms with Crippen LogP contribution in [0.3, 0.4) is 0 Å². The van der Waals surface area contributed by atoms with Crippen LogP contribution in [-0.2, 0) is 0 Å². The smallest absolute Gasteiger partial charge is 0.251 e. The maximum Gasteiger partial charge on any atom is 0.251 e. The number of hydrogen-bond acceptors (Lipinski definition) is 2. The second-order valence-corrected chi connectivity index (χ2v) is 8.89. The van der Waals surface area contributed by atoms with Crippen molar-refractivity contribution in [1.29, 1.82) is 0 Å². The predicted octanol–water partition coefficient (Wildman–Crippen LogP) is 3.99. The summed E-state index contributed by atoms with van der Waals surface area (Å²) in [4.78, 5) is 15.3. The molecule has 0 aromatic heterocycles. The normalized spacial score (nSPS) is 37.0. The zero-order valence-electron chi connectivity index (χ0n) is 14.5. The van der Waals surface area contributed by atoms with Crippen molar-refractivity contribution in [3.8, 4) is 0 Å². The van der Waals surface area contributed by atoms with Gasteiger partial charge < -0.3 is 10.2 Å². The average molecular weight is 324 g/mol. The molecule has 1 amide bonds. The molecule has 3 heteroatoms. The second-order valence-electron chi connectivity index (χ2n) is 8.89. The zero-order chi connectivity index (χ0) is 16.1. The Labute approximate surface area is 144 Å². The van der Waals surface area contributed by atoms with E-state index in [2.05, 4.69) is 22.3 Å². The Hall–Kier alpha value is -1.51. The highest BCUT2D eigenvalue weighted by molar-refractivity contribution is 5.95. The summed E-state index contributed by atoms with van der Waals surface area (Å²) in [5.74, 6) is 2.75. The van der Waals surface area contributed by atoms with E-state index in [4.69, 9.17) is 0 Å². The van der Waals surface area contributed by atoms with Gasteiger partial charge in [0, 0.05) is 29.9 Å². The van der Waals surface area contributed by atoms with E-state index in [1.54, 1.807) is 0 Å². The lowest BCUT2D eigenvalue weighted by molar-refractivity contribution is -0.0167. The lowest BCUT2D eigenvalue weighted by Crippen LogP contribution is -2.59. The number of rotatable bonds is 3. The van der Waals surface area contributed by atoms with Crippen molar-refractivity contribution in [2.45, 2.75) is 56.9 Å². The Morgan fingerprint density at radius 2 is 1.46 bits per heavy atom. The molecule has 4 saturated carbocycles. The molecule has 6 rings (SSSR count). The Bertz CT molecular complexity index is 594. The summed E-state index contributed by atoms with van der Waals surface area (Å²) in [6.07, 6.45) is 10.5. The van der Waals surface area contributed by atoms with Gasteiger partial charge in [0.05, 0.1) is 0 Å². The van der Waals surface area contributed by atoms with Crippen LogP contribution in [-0.4, -0.2) is 24.5 Å². The first-order valence-electron chi connectivity index (χ1n) is 9.87. The number of carbonyl (C=O) groups excluding carboxylic acids is 1. The average Bonchev–Trinajstić information content (AvgIpc) is 3.07. The fourth-order valence-corrected chi connectivity index (χ4v) is 6.38. The Balaban J connectivity index is 1.30. The number of hydrogen-bond donors (Lipinski definition) is 1. The summed E-state index contributed by atoms with van der Waals surface area (Å²) in [5.41, 5.74) is 2.20. The quantitative estimate of drug-likeness (QED) is 0.912. The van der Waals surface area contributed by atoms with Gasteiger partial charge in [0.25, 0.3) is 5.91 Å². The van der Waals surface area contributed by atoms with Crippen LogP contribution in [0.25, 0.3) is 0 Å². The molecule has 3 nitrogen and oxygen atoms in total. The molecule has 1 N–H and O–H groups in total. The third-order valence-corrected chi connectivity index (χ3v) is 7.02. The molecule has 0 atom stereocenters. The van der Waals surface area contributed by atoms with Crippen molar-refractivity contribution in [3.05, 3.63) is 29.8 Å². The van der Waals surface area contributed by atoms with Crippen molar-refractivity contribution >= 4 is 11.6 Å². The molecule has 4 aliphatic carbocycles. The Morgan fingerprint density at radius 1 is 0.917 bits per heavy atom. The van der Waals surface area contributed by atoms with Gasteiger partial charge in [0.2, 0.25) is 0 Å². The van der Waals surface area contributed by atoms with E-state index in [0.29, 0.717) is 0 Å². The summed E-state index contributed by atoms with van der Waals surface area (Å²) < 4.78 is 0. The summed E-state index contributed by atoms with van der Waals surface area (Å²) in [6, 6.07) is 8.28. The van der Waals surface area contributed by atoms with Crippen molar-refractivity contribution in [3.63, 3.8) is 0 Å². The number of benzene rings is 1. The highest BCUT2D eigenvalue weighted by Crippen LogP contribution is 2.55. The van der Waals surface area contributed by atoms with E-state index < -0.39 is 0 Å². The van der Waals surface area contributed by atoms with Gasteiger partial charge in [-0.15, -0.1) is 0 Å². The van der Waals surface area contributed by atoms with E-state index in [1.807, 2.05) is 12.1 Å². The first-order chi connectivity index (χ1) is 11.7. The predicted molar refractivity (Wildman–Crippen MR) is 96.3 cm³/mol. The van der Waals surface area contributed by atoms with Crippen LogP contribution in [0.15, 0.2) is 24.3 Å². The summed E-state index contributed by atoms with van der Waals surface area (Å²) in [6.45, 7) is 2.30. The van der Waals surface area contributed by atoms with Crippen LogP contribution in [0, 0.1) is 17.8 Å². The van der Waals surface area contributed by atoms with E-state index >= 15 is 0 Å². The molecule has 1 heterocycles. The van der Waals surface area contributed by atoms with Crippen LogP contribution in [0.5, 0.6) is 0 Å². The minimum absolute atomic E-state index is 0.111. The SMILES string of the molecule is O=C(NC12CC3CC(CC(C3)C1)C2)c1ccc(N2CCCC2)cc1. The van der Waals surface area contributed by atoms with Gasteiger partial charge in [-0.2, -0.15) is 0 Å². The van der Waals surface area contributed by atoms with Crippen LogP contribution < -0.4 is 10.2 Å². The molecule has 1 aliphatic heterocycles. The van der Waals surface area contributed by atoms with E-state index in [-0.39, 0.29) is 11.4 Å². The van der Waals surface area contributed by atoms with Crippen LogP contribution >= 0.6 is 0 Å². The van der Waals surface area contributed by atoms with E-state index in [0.717, 1.165) is 36.4 Å². The van der Waals surface area contributed by atoms with E-state index in [1.165, 1.54) is 57.1 Å². The topological polar surface area (TPSA) is 32.3 Å². The number of anilines is 1. The first kappa shape index (κ1) is 14.8. The van der Waals surface area contributed by atoms with Gasteiger partial charge in [-0.05, 0) is 93.4 Å². The fraction of sp³-hybridized carbons (Fsp3) is 0.667. The number of amides is 1. The third-order valence-electron chi connectivity index (χ3n) is 7.02. The largest absolute Gasteiger partial charge is 0.372 e. The molecule has 1 aromatic carbocycles. The van der Waals surface area contributed by atoms with Gasteiger partial charge in [-0.3, -0.25) is 4.79 Å². The third kappa shape index (κ3) is 2.53. The minimum atomic E-state index is 0.111. The van der Waals surface area contributed by atoms with Crippen molar-refractivity contribution in [2.75, 3.05) is 18.0 Å². The molecule has 5 aliphatic rings. The van der Waals surface area contributed by atoms with Crippen molar-refractivity contribution < 1.29 is 4.79 Å². The number of carbonyl (C=O) groups is 1. The molecular weight excluding hydrogens is 296 g/mol. The maximum absolute atomic E-state index is 12.8. The molecule has 0 spiro atoms. The van der Waals surface area contributed by atoms with Gasteiger partial charge in [-0.25, -0.2) is 0 Å². The summed E-state index contributed by atoms with van der Waals surface area (Å²) >= 11 is 0. The lowest BCUT2D eigenvalue weighted by atomic mass is 9.53. The van der Waals surface area contributed by atoms with Crippen LogP contribution in [0.1, 0.15) is 61.7 Å². The second kappa shape index (κ2) is 5.50. The standard InChI is InChI=1S/C21H28N2O/c24-20(18-3-5-19(6-4-18)23-7-1-2-8-23)22-21-12-15-9-16(13-21)11-17(10-15)14-21/h3-6,15-17H,1-2,7-14H2,(H,22,24). The Morgan fingerprint density at radius 3 is 2.00 bits per heavy atom. The van der Waals surface area contributed by atoms with Gasteiger partial charge in [-0.1, -0.05) is 0 Å². The van der Waals surface area contributed by atoms with Gasteiger partial charge in [0.1, 0.15) is 0 Å². The minimum Gasteiger partial charge on any atom is -0.372 e. The zero-order valence-corrected chi connectivity index (χ0v) is 14.5. The molecule has 5 fully saturated rings. The van der Waals surface area contributed by atoms with Crippen LogP contribution in [0.2, 0.25) is 0 Å². The van der Waals surface area contributed by atoms with E-state index in [9.17, 15) is 4.79 Å². The van der Waals surface area contributed by atoms with Crippen molar-refractivity contribution in [1.82, 2.24) is 5.32 Å². The number of nitrogens with zero attached hydrogens (tertiary/aromatic N) is 1. The van der Waals surface area contributed by atoms with Crippen molar-refractivity contribution in [2.24, 2.45) is 17.8 Å². The molecule has 1 aromatic rings. The lowest BCUT2D eigenvalue weighted by Gasteiger charge is -2.56. The molecule has 128 valence electrons. The number of nitrogens with one attached hydrogen (secondary N) is 1. The maximum atomic E-state index is 12.8. The van der Waals surface area contributed by atoms with Gasteiger partial charge >= 0.3 is 0 Å². The summed E-state index contributed by atoms with van der Waals surface area (Å²) in [7, 11) is 0. The fourth-order valence-electron chi connectivity index (χ4n) is 6.38. The first-order valence-corrected chi connectivity index (χ1v) is 9.87. The molecule has 0 radical (unpaired) electrons. The summed E-state index contributed by atoms with van der Waals surface area (Å²) in [5, 5.41) is 3.48. The molecular formula is C21H28N2O. The molecule has 0 unspecified atom stereocenters. The monoisotopic (exact) mass is 324 g/mol. The highest BCUT2D eigenvalue weighted by Gasteiger charge is 2.51. The molecule has 24 heavy (non-hydrogen) atoms. The molecule has 1 saturated heterocycles. The molecule has 4 bridgehead atoms. The highest BCUT2D eigenvalue weighted by atomic mass is 16.1. The Kier molecular flexibility index (Phi) is 3.39.